The molecule has 0 saturated carbocycles. The topological polar surface area (TPSA) is 59.2 Å². The smallest absolute Gasteiger partial charge is 0.144 e. The summed E-state index contributed by atoms with van der Waals surface area (Å²) in [7, 11) is 0. The molecule has 0 aliphatic heterocycles. The summed E-state index contributed by atoms with van der Waals surface area (Å²) in [6.45, 7) is 5.60. The van der Waals surface area contributed by atoms with Crippen molar-refractivity contribution in [3.63, 3.8) is 0 Å². The van der Waals surface area contributed by atoms with Crippen molar-refractivity contribution in [2.45, 2.75) is 31.9 Å². The van der Waals surface area contributed by atoms with Gasteiger partial charge in [-0.15, -0.1) is 0 Å². The van der Waals surface area contributed by atoms with Gasteiger partial charge in [0.15, 0.2) is 0 Å². The van der Waals surface area contributed by atoms with E-state index in [0.29, 0.717) is 5.71 Å². The number of hydrogen-bond acceptors (Lipinski definition) is 4. The van der Waals surface area contributed by atoms with Crippen molar-refractivity contribution in [2.75, 3.05) is 0 Å². The van der Waals surface area contributed by atoms with Gasteiger partial charge in [-0.3, -0.25) is 0 Å². The Morgan fingerprint density at radius 1 is 1.62 bits per heavy atom. The lowest BCUT2D eigenvalue weighted by Crippen LogP contribution is -2.27. The Morgan fingerprint density at radius 2 is 2.31 bits per heavy atom. The normalized spacial score (nSPS) is 14.6. The standard InChI is InChI=1S/C11H14N2OS2/c1-11(2,3)16(14)13-10(4-6-12)9-5-7-15-8-9/h5,7-8H,4H2,1-3H3. The van der Waals surface area contributed by atoms with E-state index in [1.165, 1.54) is 11.3 Å². The second kappa shape index (κ2) is 5.48. The van der Waals surface area contributed by atoms with Crippen LogP contribution in [0.25, 0.3) is 0 Å². The summed E-state index contributed by atoms with van der Waals surface area (Å²) >= 11 is 0.227. The molecule has 0 N–H and O–H groups in total. The lowest BCUT2D eigenvalue weighted by Gasteiger charge is -2.18. The van der Waals surface area contributed by atoms with Crippen LogP contribution in [0.4, 0.5) is 0 Å². The highest BCUT2D eigenvalue weighted by Gasteiger charge is 2.27. The fourth-order valence-corrected chi connectivity index (χ4v) is 2.24. The lowest BCUT2D eigenvalue weighted by atomic mass is 10.2. The molecule has 1 heterocycles. The van der Waals surface area contributed by atoms with Crippen LogP contribution in [0.3, 0.4) is 0 Å². The maximum atomic E-state index is 11.9. The quantitative estimate of drug-likeness (QED) is 0.615. The Balaban J connectivity index is 2.96. The van der Waals surface area contributed by atoms with Crippen LogP contribution in [-0.2, 0) is 11.4 Å². The molecular formula is C11H14N2OS2. The van der Waals surface area contributed by atoms with Gasteiger partial charge in [0.2, 0.25) is 0 Å². The van der Waals surface area contributed by atoms with Crippen molar-refractivity contribution in [1.82, 2.24) is 0 Å². The highest BCUT2D eigenvalue weighted by atomic mass is 32.2. The van der Waals surface area contributed by atoms with E-state index in [9.17, 15) is 4.55 Å². The van der Waals surface area contributed by atoms with Gasteiger partial charge >= 0.3 is 0 Å². The van der Waals surface area contributed by atoms with Gasteiger partial charge in [-0.25, -0.2) is 0 Å². The van der Waals surface area contributed by atoms with E-state index in [0.717, 1.165) is 5.56 Å². The van der Waals surface area contributed by atoms with Gasteiger partial charge < -0.3 is 4.55 Å². The zero-order valence-electron chi connectivity index (χ0n) is 9.56. The molecule has 0 spiro atoms. The van der Waals surface area contributed by atoms with Crippen molar-refractivity contribution >= 4 is 28.4 Å². The molecule has 0 bridgehead atoms. The molecule has 0 aliphatic rings. The van der Waals surface area contributed by atoms with E-state index in [1.54, 1.807) is 0 Å². The molecule has 3 nitrogen and oxygen atoms in total. The van der Waals surface area contributed by atoms with Crippen molar-refractivity contribution in [1.29, 1.82) is 5.26 Å². The SMILES string of the molecule is CC(C)(C)[S+]([O-])N=C(CC#N)c1ccsc1. The number of nitriles is 1. The van der Waals surface area contributed by atoms with E-state index < -0.39 is 16.1 Å². The molecule has 0 saturated heterocycles. The first-order valence-corrected chi connectivity index (χ1v) is 6.89. The average Bonchev–Trinajstić information content (AvgIpc) is 2.68. The van der Waals surface area contributed by atoms with Crippen molar-refractivity contribution < 1.29 is 4.55 Å². The third kappa shape index (κ3) is 3.63. The van der Waals surface area contributed by atoms with E-state index >= 15 is 0 Å². The lowest BCUT2D eigenvalue weighted by molar-refractivity contribution is 0.561. The third-order valence-electron chi connectivity index (χ3n) is 1.82. The molecule has 5 heteroatoms. The summed E-state index contributed by atoms with van der Waals surface area (Å²) in [6, 6.07) is 3.94. The molecule has 1 aromatic rings. The summed E-state index contributed by atoms with van der Waals surface area (Å²) in [6.07, 6.45) is 0.193. The fraction of sp³-hybridized carbons (Fsp3) is 0.455. The van der Waals surface area contributed by atoms with Gasteiger partial charge in [0.1, 0.15) is 21.8 Å². The van der Waals surface area contributed by atoms with Crippen LogP contribution < -0.4 is 0 Å². The predicted octanol–water partition coefficient (Wildman–Crippen LogP) is 2.91. The molecule has 0 radical (unpaired) electrons. The second-order valence-corrected chi connectivity index (χ2v) is 6.93. The first-order valence-electron chi connectivity index (χ1n) is 4.84. The molecule has 16 heavy (non-hydrogen) atoms. The van der Waals surface area contributed by atoms with Crippen LogP contribution in [0.15, 0.2) is 21.2 Å². The zero-order chi connectivity index (χ0) is 12.2. The fourth-order valence-electron chi connectivity index (χ4n) is 0.928. The van der Waals surface area contributed by atoms with Gasteiger partial charge in [-0.1, -0.05) is 4.40 Å². The Hall–Kier alpha value is -0.830. The molecule has 0 aromatic carbocycles. The van der Waals surface area contributed by atoms with Gasteiger partial charge in [0.25, 0.3) is 0 Å². The summed E-state index contributed by atoms with van der Waals surface area (Å²) in [4.78, 5) is 0. The molecule has 0 amide bonds. The van der Waals surface area contributed by atoms with Gasteiger partial charge in [-0.2, -0.15) is 16.6 Å². The number of hydrogen-bond donors (Lipinski definition) is 0. The van der Waals surface area contributed by atoms with Gasteiger partial charge in [-0.05, 0) is 37.6 Å². The van der Waals surface area contributed by atoms with Crippen molar-refractivity contribution in [2.24, 2.45) is 4.40 Å². The minimum Gasteiger partial charge on any atom is -0.591 e. The van der Waals surface area contributed by atoms with Gasteiger partial charge in [0.05, 0.1) is 12.5 Å². The van der Waals surface area contributed by atoms with Crippen LogP contribution >= 0.6 is 11.3 Å². The first kappa shape index (κ1) is 13.2. The predicted molar refractivity (Wildman–Crippen MR) is 69.0 cm³/mol. The highest BCUT2D eigenvalue weighted by Crippen LogP contribution is 2.19. The van der Waals surface area contributed by atoms with Crippen LogP contribution in [0.1, 0.15) is 32.8 Å². The molecule has 1 unspecified atom stereocenters. The van der Waals surface area contributed by atoms with E-state index in [-0.39, 0.29) is 6.42 Å². The molecule has 1 rings (SSSR count). The van der Waals surface area contributed by atoms with Crippen LogP contribution in [0, 0.1) is 11.3 Å². The maximum absolute atomic E-state index is 11.9. The Morgan fingerprint density at radius 3 is 2.75 bits per heavy atom. The number of nitrogens with zero attached hydrogens (tertiary/aromatic N) is 2. The molecule has 86 valence electrons. The average molecular weight is 254 g/mol. The number of thiophene rings is 1. The van der Waals surface area contributed by atoms with Crippen LogP contribution in [-0.4, -0.2) is 15.0 Å². The second-order valence-electron chi connectivity index (χ2n) is 4.25. The molecule has 0 aliphatic carbocycles. The van der Waals surface area contributed by atoms with Crippen molar-refractivity contribution in [3.05, 3.63) is 22.4 Å². The number of rotatable bonds is 3. The minimum atomic E-state index is -1.31. The molecular weight excluding hydrogens is 240 g/mol. The molecule has 0 fully saturated rings. The zero-order valence-corrected chi connectivity index (χ0v) is 11.2. The summed E-state index contributed by atoms with van der Waals surface area (Å²) in [5.41, 5.74) is 1.50. The van der Waals surface area contributed by atoms with Crippen LogP contribution in [0.2, 0.25) is 0 Å². The van der Waals surface area contributed by atoms with E-state index in [2.05, 4.69) is 10.5 Å². The summed E-state index contributed by atoms with van der Waals surface area (Å²) in [5, 5.41) is 12.6. The molecule has 1 aromatic heterocycles. The monoisotopic (exact) mass is 254 g/mol. The highest BCUT2D eigenvalue weighted by molar-refractivity contribution is 7.91. The summed E-state index contributed by atoms with van der Waals surface area (Å²) in [5.74, 6) is 0. The maximum Gasteiger partial charge on any atom is 0.144 e. The third-order valence-corrected chi connectivity index (χ3v) is 3.94. The Kier molecular flexibility index (Phi) is 4.54. The summed E-state index contributed by atoms with van der Waals surface area (Å²) < 4.78 is 15.6. The van der Waals surface area contributed by atoms with Crippen molar-refractivity contribution in [3.8, 4) is 6.07 Å². The minimum absolute atomic E-state index is 0.193. The van der Waals surface area contributed by atoms with E-state index in [4.69, 9.17) is 5.26 Å². The first-order chi connectivity index (χ1) is 7.45. The molecule has 1 atom stereocenters. The van der Waals surface area contributed by atoms with Gasteiger partial charge in [0, 0.05) is 5.56 Å². The largest absolute Gasteiger partial charge is 0.591 e. The van der Waals surface area contributed by atoms with Crippen LogP contribution in [0.5, 0.6) is 0 Å². The Labute approximate surface area is 103 Å². The van der Waals surface area contributed by atoms with E-state index in [1.807, 2.05) is 37.6 Å². The Bertz CT molecular complexity index is 399.